The fraction of sp³-hybridized carbons (Fsp3) is 0.750. The third-order valence-corrected chi connectivity index (χ3v) is 2.80. The molecule has 0 aromatic rings. The second-order valence-electron chi connectivity index (χ2n) is 4.57. The highest BCUT2D eigenvalue weighted by molar-refractivity contribution is 5.91. The Balaban J connectivity index is 4.80. The Hall–Kier alpha value is -1.43. The quantitative estimate of drug-likeness (QED) is 0.684. The number of nitrogens with one attached hydrogen (secondary N) is 1. The number of hydrogen-bond acceptors (Lipinski definition) is 4. The molecule has 0 rings (SSSR count). The van der Waals surface area contributed by atoms with Gasteiger partial charge in [0.15, 0.2) is 5.78 Å². The van der Waals surface area contributed by atoms with E-state index in [1.54, 1.807) is 13.8 Å². The average Bonchev–Trinajstić information content (AvgIpc) is 2.23. The van der Waals surface area contributed by atoms with Crippen LogP contribution in [0.3, 0.4) is 0 Å². The zero-order valence-corrected chi connectivity index (χ0v) is 11.6. The fourth-order valence-corrected chi connectivity index (χ4v) is 1.39. The van der Waals surface area contributed by atoms with Gasteiger partial charge in [0.05, 0.1) is 12.1 Å². The molecule has 6 nitrogen and oxygen atoms in total. The number of likely N-dealkylation sites (N-methyl/N-ethyl adjacent to an activating group) is 1. The molecule has 0 radical (unpaired) electrons. The van der Waals surface area contributed by atoms with E-state index in [-0.39, 0.29) is 18.1 Å². The molecule has 6 heteroatoms. The minimum absolute atomic E-state index is 0.131. The van der Waals surface area contributed by atoms with E-state index in [0.29, 0.717) is 0 Å². The number of rotatable bonds is 6. The lowest BCUT2D eigenvalue weighted by Crippen LogP contribution is -2.51. The Kier molecular flexibility index (Phi) is 6.54. The van der Waals surface area contributed by atoms with Crippen LogP contribution in [-0.4, -0.2) is 52.8 Å². The van der Waals surface area contributed by atoms with E-state index >= 15 is 0 Å². The monoisotopic (exact) mass is 258 g/mol. The van der Waals surface area contributed by atoms with Crippen LogP contribution in [0.2, 0.25) is 0 Å². The van der Waals surface area contributed by atoms with Crippen molar-refractivity contribution in [1.82, 2.24) is 10.2 Å². The molecular formula is C12H22N2O4. The molecule has 2 amide bonds. The van der Waals surface area contributed by atoms with Crippen LogP contribution in [-0.2, 0) is 14.4 Å². The van der Waals surface area contributed by atoms with Gasteiger partial charge in [-0.25, -0.2) is 0 Å². The highest BCUT2D eigenvalue weighted by atomic mass is 16.3. The van der Waals surface area contributed by atoms with Gasteiger partial charge in [-0.15, -0.1) is 0 Å². The van der Waals surface area contributed by atoms with Crippen molar-refractivity contribution in [2.75, 3.05) is 7.05 Å². The first-order valence-electron chi connectivity index (χ1n) is 5.89. The van der Waals surface area contributed by atoms with Gasteiger partial charge in [0.2, 0.25) is 11.8 Å². The van der Waals surface area contributed by atoms with E-state index in [0.717, 1.165) is 0 Å². The highest BCUT2D eigenvalue weighted by Gasteiger charge is 2.27. The van der Waals surface area contributed by atoms with Crippen molar-refractivity contribution in [3.63, 3.8) is 0 Å². The molecule has 104 valence electrons. The van der Waals surface area contributed by atoms with Crippen molar-refractivity contribution in [3.05, 3.63) is 0 Å². The molecule has 3 atom stereocenters. The number of carbonyl (C=O) groups is 3. The van der Waals surface area contributed by atoms with E-state index < -0.39 is 24.1 Å². The largest absolute Gasteiger partial charge is 0.393 e. The van der Waals surface area contributed by atoms with Gasteiger partial charge in [-0.3, -0.25) is 14.4 Å². The van der Waals surface area contributed by atoms with Crippen LogP contribution in [0.15, 0.2) is 0 Å². The summed E-state index contributed by atoms with van der Waals surface area (Å²) in [6.45, 7) is 5.84. The van der Waals surface area contributed by atoms with Gasteiger partial charge >= 0.3 is 0 Å². The molecule has 0 aliphatic heterocycles. The van der Waals surface area contributed by atoms with E-state index in [1.807, 2.05) is 0 Å². The normalized spacial score (nSPS) is 15.4. The first-order chi connectivity index (χ1) is 8.16. The first-order valence-corrected chi connectivity index (χ1v) is 5.89. The van der Waals surface area contributed by atoms with Crippen molar-refractivity contribution >= 4 is 17.6 Å². The summed E-state index contributed by atoms with van der Waals surface area (Å²) < 4.78 is 0. The molecule has 0 aliphatic rings. The average molecular weight is 258 g/mol. The smallest absolute Gasteiger partial charge is 0.243 e. The summed E-state index contributed by atoms with van der Waals surface area (Å²) >= 11 is 0. The minimum Gasteiger partial charge on any atom is -0.393 e. The van der Waals surface area contributed by atoms with E-state index in [4.69, 9.17) is 0 Å². The van der Waals surface area contributed by atoms with Crippen molar-refractivity contribution in [1.29, 1.82) is 0 Å². The number of nitrogens with zero attached hydrogens (tertiary/aromatic N) is 1. The summed E-state index contributed by atoms with van der Waals surface area (Å²) in [6, 6.07) is -1.38. The maximum Gasteiger partial charge on any atom is 0.243 e. The van der Waals surface area contributed by atoms with Crippen LogP contribution in [0.25, 0.3) is 0 Å². The van der Waals surface area contributed by atoms with Crippen LogP contribution in [0.1, 0.15) is 34.1 Å². The van der Waals surface area contributed by atoms with Crippen molar-refractivity contribution in [3.8, 4) is 0 Å². The lowest BCUT2D eigenvalue weighted by molar-refractivity contribution is -0.139. The second-order valence-corrected chi connectivity index (χ2v) is 4.57. The first kappa shape index (κ1) is 16.6. The summed E-state index contributed by atoms with van der Waals surface area (Å²) in [5.41, 5.74) is 0. The van der Waals surface area contributed by atoms with Gasteiger partial charge in [0, 0.05) is 20.4 Å². The third-order valence-electron chi connectivity index (χ3n) is 2.80. The summed E-state index contributed by atoms with van der Waals surface area (Å²) in [5.74, 6) is -0.868. The third kappa shape index (κ3) is 5.27. The zero-order valence-electron chi connectivity index (χ0n) is 11.6. The second kappa shape index (κ2) is 7.10. The molecule has 0 saturated carbocycles. The summed E-state index contributed by atoms with van der Waals surface area (Å²) in [6.07, 6.45) is -0.581. The van der Waals surface area contributed by atoms with Gasteiger partial charge in [-0.1, -0.05) is 0 Å². The van der Waals surface area contributed by atoms with E-state index in [1.165, 1.54) is 25.8 Å². The molecule has 0 aromatic carbocycles. The lowest BCUT2D eigenvalue weighted by Gasteiger charge is -2.28. The SMILES string of the molecule is CC(=O)C(C)NC(=O)C(CC(C)O)N(C)C(C)=O. The predicted molar refractivity (Wildman–Crippen MR) is 66.8 cm³/mol. The molecule has 0 bridgehead atoms. The summed E-state index contributed by atoms with van der Waals surface area (Å²) in [7, 11) is 1.49. The zero-order chi connectivity index (χ0) is 14.5. The Morgan fingerprint density at radius 1 is 1.22 bits per heavy atom. The molecule has 0 saturated heterocycles. The Morgan fingerprint density at radius 2 is 1.72 bits per heavy atom. The van der Waals surface area contributed by atoms with E-state index in [9.17, 15) is 19.5 Å². The van der Waals surface area contributed by atoms with Gasteiger partial charge < -0.3 is 15.3 Å². The lowest BCUT2D eigenvalue weighted by atomic mass is 10.1. The van der Waals surface area contributed by atoms with Crippen LogP contribution < -0.4 is 5.32 Å². The number of hydrogen-bond donors (Lipinski definition) is 2. The number of amides is 2. The number of carbonyl (C=O) groups excluding carboxylic acids is 3. The molecule has 2 N–H and O–H groups in total. The molecule has 0 heterocycles. The van der Waals surface area contributed by atoms with Crippen molar-refractivity contribution in [2.45, 2.75) is 52.3 Å². The van der Waals surface area contributed by atoms with Gasteiger partial charge in [-0.05, 0) is 20.8 Å². The van der Waals surface area contributed by atoms with Crippen LogP contribution >= 0.6 is 0 Å². The topological polar surface area (TPSA) is 86.7 Å². The van der Waals surface area contributed by atoms with Gasteiger partial charge in [0.1, 0.15) is 6.04 Å². The molecule has 18 heavy (non-hydrogen) atoms. The molecule has 0 spiro atoms. The van der Waals surface area contributed by atoms with Crippen molar-refractivity contribution in [2.24, 2.45) is 0 Å². The standard InChI is InChI=1S/C12H22N2O4/c1-7(15)6-11(14(5)10(4)17)12(18)13-8(2)9(3)16/h7-8,11,15H,6H2,1-5H3,(H,13,18). The molecule has 0 fully saturated rings. The maximum absolute atomic E-state index is 12.0. The van der Waals surface area contributed by atoms with Crippen molar-refractivity contribution < 1.29 is 19.5 Å². The number of aliphatic hydroxyl groups is 1. The highest BCUT2D eigenvalue weighted by Crippen LogP contribution is 2.07. The van der Waals surface area contributed by atoms with E-state index in [2.05, 4.69) is 5.32 Å². The summed E-state index contributed by atoms with van der Waals surface area (Å²) in [4.78, 5) is 35.6. The molecule has 0 aromatic heterocycles. The molecular weight excluding hydrogens is 236 g/mol. The van der Waals surface area contributed by atoms with Crippen LogP contribution in [0.4, 0.5) is 0 Å². The van der Waals surface area contributed by atoms with Gasteiger partial charge in [-0.2, -0.15) is 0 Å². The van der Waals surface area contributed by atoms with Crippen LogP contribution in [0, 0.1) is 0 Å². The molecule has 3 unspecified atom stereocenters. The summed E-state index contributed by atoms with van der Waals surface area (Å²) in [5, 5.41) is 11.9. The number of aliphatic hydroxyl groups excluding tert-OH is 1. The predicted octanol–water partition coefficient (Wildman–Crippen LogP) is -0.302. The number of ketones is 1. The number of Topliss-reactive ketones (excluding diaryl/α,β-unsaturated/α-hetero) is 1. The Labute approximate surface area is 107 Å². The van der Waals surface area contributed by atoms with Crippen LogP contribution in [0.5, 0.6) is 0 Å². The fourth-order valence-electron chi connectivity index (χ4n) is 1.39. The maximum atomic E-state index is 12.0. The molecule has 0 aliphatic carbocycles. The Morgan fingerprint density at radius 3 is 2.06 bits per heavy atom. The Bertz CT molecular complexity index is 328. The minimum atomic E-state index is -0.774. The van der Waals surface area contributed by atoms with Gasteiger partial charge in [0.25, 0.3) is 0 Å².